The number of hydrogen-bond donors (Lipinski definition) is 4. The number of unbranched alkanes of at least 4 members (excludes halogenated alkanes) is 3. The smallest absolute Gasteiger partial charge is 0.407 e. The van der Waals surface area contributed by atoms with Crippen LogP contribution in [0.2, 0.25) is 0 Å². The van der Waals surface area contributed by atoms with Crippen LogP contribution in [0.3, 0.4) is 0 Å². The molecule has 260 valence electrons. The number of amides is 4. The number of nitrogens with one attached hydrogen (secondary N) is 3. The van der Waals surface area contributed by atoms with Crippen molar-refractivity contribution in [2.24, 2.45) is 5.92 Å². The number of halogens is 3. The van der Waals surface area contributed by atoms with Gasteiger partial charge in [0.15, 0.2) is 0 Å². The molecule has 3 aliphatic rings. The molecule has 1 aromatic rings. The highest BCUT2D eigenvalue weighted by Crippen LogP contribution is 2.32. The Morgan fingerprint density at radius 3 is 2.53 bits per heavy atom. The van der Waals surface area contributed by atoms with Crippen molar-refractivity contribution in [3.63, 3.8) is 0 Å². The zero-order valence-corrected chi connectivity index (χ0v) is 27.6. The average molecular weight is 682 g/mol. The molecule has 2 fully saturated rings. The Labute approximate surface area is 278 Å². The van der Waals surface area contributed by atoms with Crippen LogP contribution < -0.4 is 15.4 Å². The standard InChI is InChI=1S/C33H46F3N5O5S/c1-3-21(2)29(31(44)39-47-24-15-16-24)38-30(43)26-13-9-17-41(26)28(42)18-37-27(33(34,35)36)14-7-5-4-6-10-22-11-8-12-23-19-40(32(45)46)20-25(22)23/h3,8,11-12,21,24,26-27,29,37H,1,4-7,9-10,13-20H2,2H3,(H,38,43)(H,39,44)(H,45,46)/t21-,26-,27?,29?/m0/s1. The molecular weight excluding hydrogens is 635 g/mol. The SMILES string of the molecule is C=C[C@H](C)C(NC(=O)[C@@H]1CCCN1C(=O)CNC(CCCCCCc1cccc2c1CN(C(=O)O)C2)C(F)(F)F)C(=O)NSC1CC1. The Morgan fingerprint density at radius 2 is 1.85 bits per heavy atom. The Bertz CT molecular complexity index is 1290. The van der Waals surface area contributed by atoms with Crippen LogP contribution >= 0.6 is 11.9 Å². The summed E-state index contributed by atoms with van der Waals surface area (Å²) in [6, 6.07) is 2.21. The maximum atomic E-state index is 13.9. The second-order valence-electron chi connectivity index (χ2n) is 12.7. The Kier molecular flexibility index (Phi) is 13.0. The summed E-state index contributed by atoms with van der Waals surface area (Å²) >= 11 is 1.33. The lowest BCUT2D eigenvalue weighted by Gasteiger charge is -2.29. The fourth-order valence-corrected chi connectivity index (χ4v) is 6.90. The van der Waals surface area contributed by atoms with Gasteiger partial charge in [-0.2, -0.15) is 13.2 Å². The molecule has 1 saturated heterocycles. The van der Waals surface area contributed by atoms with Gasteiger partial charge in [0.1, 0.15) is 18.1 Å². The number of carboxylic acid groups (broad SMARTS) is 1. The normalized spacial score (nSPS) is 19.5. The lowest BCUT2D eigenvalue weighted by Crippen LogP contribution is -2.55. The minimum Gasteiger partial charge on any atom is -0.465 e. The molecule has 14 heteroatoms. The average Bonchev–Trinajstić information content (AvgIpc) is 3.52. The summed E-state index contributed by atoms with van der Waals surface area (Å²) in [5.41, 5.74) is 3.10. The number of benzene rings is 1. The van der Waals surface area contributed by atoms with Crippen LogP contribution in [0.15, 0.2) is 30.9 Å². The van der Waals surface area contributed by atoms with E-state index in [2.05, 4.69) is 21.9 Å². The number of fused-ring (bicyclic) bond motifs is 1. The fraction of sp³-hybridized carbons (Fsp3) is 0.636. The first kappa shape index (κ1) is 36.6. The lowest BCUT2D eigenvalue weighted by atomic mass is 9.98. The van der Waals surface area contributed by atoms with Crippen molar-refractivity contribution in [2.45, 2.75) is 114 Å². The number of carbonyl (C=O) groups is 4. The van der Waals surface area contributed by atoms with Crippen LogP contribution in [0.4, 0.5) is 18.0 Å². The van der Waals surface area contributed by atoms with Gasteiger partial charge in [-0.25, -0.2) is 4.79 Å². The molecule has 1 aliphatic carbocycles. The molecule has 4 atom stereocenters. The summed E-state index contributed by atoms with van der Waals surface area (Å²) < 4.78 is 44.4. The molecule has 10 nitrogen and oxygen atoms in total. The van der Waals surface area contributed by atoms with Crippen molar-refractivity contribution in [2.75, 3.05) is 13.1 Å². The summed E-state index contributed by atoms with van der Waals surface area (Å²) in [6.45, 7) is 5.90. The summed E-state index contributed by atoms with van der Waals surface area (Å²) in [7, 11) is 0. The quantitative estimate of drug-likeness (QED) is 0.104. The van der Waals surface area contributed by atoms with Gasteiger partial charge in [-0.1, -0.05) is 50.5 Å². The van der Waals surface area contributed by atoms with Gasteiger partial charge in [0, 0.05) is 30.8 Å². The predicted octanol–water partition coefficient (Wildman–Crippen LogP) is 4.92. The third-order valence-electron chi connectivity index (χ3n) is 9.14. The molecule has 1 saturated carbocycles. The van der Waals surface area contributed by atoms with Crippen molar-refractivity contribution in [1.82, 2.24) is 25.2 Å². The summed E-state index contributed by atoms with van der Waals surface area (Å²) in [4.78, 5) is 53.0. The first-order valence-corrected chi connectivity index (χ1v) is 17.3. The number of aryl methyl sites for hydroxylation is 1. The summed E-state index contributed by atoms with van der Waals surface area (Å²) in [5.74, 6) is -1.82. The Balaban J connectivity index is 1.21. The van der Waals surface area contributed by atoms with E-state index < -0.39 is 48.8 Å². The molecule has 0 aromatic heterocycles. The molecular formula is C33H46F3N5O5S. The third-order valence-corrected chi connectivity index (χ3v) is 10.3. The number of nitrogens with zero attached hydrogens (tertiary/aromatic N) is 2. The molecule has 2 heterocycles. The largest absolute Gasteiger partial charge is 0.465 e. The van der Waals surface area contributed by atoms with E-state index in [0.29, 0.717) is 44.0 Å². The van der Waals surface area contributed by atoms with Crippen molar-refractivity contribution in [3.05, 3.63) is 47.5 Å². The molecule has 4 rings (SSSR count). The predicted molar refractivity (Wildman–Crippen MR) is 173 cm³/mol. The molecule has 4 N–H and O–H groups in total. The number of alkyl halides is 3. The molecule has 0 bridgehead atoms. The van der Waals surface area contributed by atoms with Gasteiger partial charge in [-0.3, -0.25) is 29.3 Å². The van der Waals surface area contributed by atoms with Crippen molar-refractivity contribution < 1.29 is 37.5 Å². The topological polar surface area (TPSA) is 131 Å². The number of likely N-dealkylation sites (tertiary alicyclic amines) is 1. The third kappa shape index (κ3) is 10.4. The maximum Gasteiger partial charge on any atom is 0.407 e. The fourth-order valence-electron chi connectivity index (χ4n) is 6.12. The van der Waals surface area contributed by atoms with Crippen molar-refractivity contribution in [3.8, 4) is 0 Å². The molecule has 1 aromatic carbocycles. The monoisotopic (exact) mass is 681 g/mol. The van der Waals surface area contributed by atoms with Crippen LogP contribution in [-0.4, -0.2) is 81.4 Å². The zero-order chi connectivity index (χ0) is 34.1. The highest BCUT2D eigenvalue weighted by atomic mass is 32.2. The zero-order valence-electron chi connectivity index (χ0n) is 26.8. The lowest BCUT2D eigenvalue weighted by molar-refractivity contribution is -0.159. The minimum absolute atomic E-state index is 0.176. The first-order valence-electron chi connectivity index (χ1n) is 16.4. The molecule has 2 unspecified atom stereocenters. The van der Waals surface area contributed by atoms with E-state index in [9.17, 15) is 37.5 Å². The van der Waals surface area contributed by atoms with Gasteiger partial charge >= 0.3 is 12.3 Å². The number of rotatable bonds is 17. The highest BCUT2D eigenvalue weighted by Gasteiger charge is 2.41. The van der Waals surface area contributed by atoms with Gasteiger partial charge < -0.3 is 15.3 Å². The van der Waals surface area contributed by atoms with Gasteiger partial charge in [0.25, 0.3) is 5.91 Å². The van der Waals surface area contributed by atoms with E-state index in [1.165, 1.54) is 21.7 Å². The van der Waals surface area contributed by atoms with Crippen molar-refractivity contribution in [1.29, 1.82) is 0 Å². The number of hydrogen-bond acceptors (Lipinski definition) is 6. The Hall–Kier alpha value is -3.26. The van der Waals surface area contributed by atoms with Crippen LogP contribution in [0.25, 0.3) is 0 Å². The van der Waals surface area contributed by atoms with Gasteiger partial charge in [0.2, 0.25) is 11.8 Å². The van der Waals surface area contributed by atoms with Crippen LogP contribution in [0.5, 0.6) is 0 Å². The van der Waals surface area contributed by atoms with E-state index in [4.69, 9.17) is 0 Å². The molecule has 47 heavy (non-hydrogen) atoms. The molecule has 0 radical (unpaired) electrons. The van der Waals surface area contributed by atoms with Gasteiger partial charge in [0.05, 0.1) is 6.54 Å². The first-order chi connectivity index (χ1) is 22.4. The molecule has 0 spiro atoms. The summed E-state index contributed by atoms with van der Waals surface area (Å²) in [6.07, 6.45) is 1.97. The molecule has 4 amide bonds. The Morgan fingerprint density at radius 1 is 1.11 bits per heavy atom. The molecule has 2 aliphatic heterocycles. The van der Waals surface area contributed by atoms with E-state index in [1.54, 1.807) is 13.0 Å². The number of carbonyl (C=O) groups excluding carboxylic acids is 3. The minimum atomic E-state index is -4.54. The van der Waals surface area contributed by atoms with E-state index >= 15 is 0 Å². The van der Waals surface area contributed by atoms with Crippen LogP contribution in [0.1, 0.15) is 81.4 Å². The van der Waals surface area contributed by atoms with Crippen LogP contribution in [0, 0.1) is 5.92 Å². The highest BCUT2D eigenvalue weighted by molar-refractivity contribution is 7.98. The van der Waals surface area contributed by atoms with Gasteiger partial charge in [-0.05, 0) is 73.6 Å². The van der Waals surface area contributed by atoms with Gasteiger partial charge in [-0.15, -0.1) is 6.58 Å². The van der Waals surface area contributed by atoms with E-state index in [1.807, 2.05) is 18.2 Å². The second kappa shape index (κ2) is 16.7. The maximum absolute atomic E-state index is 13.9. The van der Waals surface area contributed by atoms with Crippen LogP contribution in [-0.2, 0) is 33.9 Å². The van der Waals surface area contributed by atoms with E-state index in [0.717, 1.165) is 48.8 Å². The second-order valence-corrected chi connectivity index (χ2v) is 13.8. The van der Waals surface area contributed by atoms with Crippen molar-refractivity contribution >= 4 is 35.8 Å². The summed E-state index contributed by atoms with van der Waals surface area (Å²) in [5, 5.41) is 14.8. The van der Waals surface area contributed by atoms with E-state index in [-0.39, 0.29) is 24.8 Å².